The van der Waals surface area contributed by atoms with Crippen molar-refractivity contribution in [1.29, 1.82) is 5.26 Å². The summed E-state index contributed by atoms with van der Waals surface area (Å²) in [5, 5.41) is 12.1. The third-order valence-corrected chi connectivity index (χ3v) is 5.37. The lowest BCUT2D eigenvalue weighted by molar-refractivity contribution is 0.0796. The van der Waals surface area contributed by atoms with Gasteiger partial charge in [-0.3, -0.25) is 9.55 Å². The fourth-order valence-corrected chi connectivity index (χ4v) is 3.56. The first-order valence-electron chi connectivity index (χ1n) is 11.2. The molecule has 194 valence electrons. The van der Waals surface area contributed by atoms with E-state index in [-0.39, 0.29) is 29.6 Å². The number of hydrogen-bond acceptors (Lipinski definition) is 8. The molecule has 0 aliphatic carbocycles. The van der Waals surface area contributed by atoms with E-state index in [4.69, 9.17) is 4.74 Å². The van der Waals surface area contributed by atoms with Crippen molar-refractivity contribution in [3.63, 3.8) is 0 Å². The lowest BCUT2D eigenvalue weighted by Crippen LogP contribution is -2.41. The first-order chi connectivity index (χ1) is 18.2. The molecule has 0 aliphatic rings. The van der Waals surface area contributed by atoms with E-state index >= 15 is 0 Å². The van der Waals surface area contributed by atoms with Gasteiger partial charge < -0.3 is 10.1 Å². The normalized spacial score (nSPS) is 10.9. The fourth-order valence-electron chi connectivity index (χ4n) is 3.56. The Labute approximate surface area is 213 Å². The van der Waals surface area contributed by atoms with Crippen LogP contribution in [0.1, 0.15) is 22.3 Å². The van der Waals surface area contributed by atoms with Crippen LogP contribution in [-0.2, 0) is 6.54 Å². The highest BCUT2D eigenvalue weighted by atomic mass is 19.3. The zero-order valence-corrected chi connectivity index (χ0v) is 20.2. The Balaban J connectivity index is 1.81. The summed E-state index contributed by atoms with van der Waals surface area (Å²) in [5.41, 5.74) is 0.248. The zero-order chi connectivity index (χ0) is 27.4. The average molecular weight is 523 g/mol. The van der Waals surface area contributed by atoms with Crippen molar-refractivity contribution in [2.24, 2.45) is 0 Å². The Morgan fingerprint density at radius 3 is 2.61 bits per heavy atom. The number of aryl methyl sites for hydroxylation is 2. The number of nitrogens with zero attached hydrogens (tertiary/aromatic N) is 6. The number of nitriles is 1. The molecule has 1 aromatic carbocycles. The molecule has 0 saturated carbocycles. The van der Waals surface area contributed by atoms with Crippen molar-refractivity contribution in [1.82, 2.24) is 24.1 Å². The maximum atomic E-state index is 13.9. The van der Waals surface area contributed by atoms with Gasteiger partial charge in [0.1, 0.15) is 11.9 Å². The Morgan fingerprint density at radius 2 is 1.92 bits per heavy atom. The van der Waals surface area contributed by atoms with Crippen LogP contribution in [0.2, 0.25) is 0 Å². The van der Waals surface area contributed by atoms with E-state index in [1.165, 1.54) is 30.6 Å². The quantitative estimate of drug-likeness (QED) is 0.373. The number of benzene rings is 1. The number of aromatic nitrogens is 5. The molecule has 0 radical (unpaired) electrons. The third kappa shape index (κ3) is 5.70. The molecule has 3 heterocycles. The van der Waals surface area contributed by atoms with Crippen LogP contribution in [0.25, 0.3) is 5.69 Å². The number of rotatable bonds is 8. The second kappa shape index (κ2) is 11.0. The van der Waals surface area contributed by atoms with E-state index in [1.807, 2.05) is 0 Å². The molecule has 0 aliphatic heterocycles. The van der Waals surface area contributed by atoms with Crippen molar-refractivity contribution >= 4 is 11.6 Å². The predicted molar refractivity (Wildman–Crippen MR) is 131 cm³/mol. The van der Waals surface area contributed by atoms with E-state index in [0.717, 1.165) is 15.2 Å². The SMILES string of the molecule is Cc1cncc(-n2c(=O)nc(Nc3cnc(OCC(F)F)cc3C)n(Cc3ccc(F)c(C#N)c3)c2=O)c1. The molecule has 0 fully saturated rings. The largest absolute Gasteiger partial charge is 0.472 e. The monoisotopic (exact) mass is 523 g/mol. The van der Waals surface area contributed by atoms with Crippen LogP contribution < -0.4 is 21.4 Å². The van der Waals surface area contributed by atoms with Crippen molar-refractivity contribution in [2.75, 3.05) is 11.9 Å². The number of halogens is 3. The summed E-state index contributed by atoms with van der Waals surface area (Å²) in [6, 6.07) is 8.54. The van der Waals surface area contributed by atoms with Crippen LogP contribution in [0.15, 0.2) is 58.5 Å². The highest BCUT2D eigenvalue weighted by Crippen LogP contribution is 2.22. The molecule has 38 heavy (non-hydrogen) atoms. The summed E-state index contributed by atoms with van der Waals surface area (Å²) in [6.45, 7) is 2.38. The number of nitrogens with one attached hydrogen (secondary N) is 1. The van der Waals surface area contributed by atoms with E-state index in [1.54, 1.807) is 32.2 Å². The molecular formula is C25H20F3N7O3. The second-order valence-electron chi connectivity index (χ2n) is 8.23. The molecule has 0 saturated heterocycles. The van der Waals surface area contributed by atoms with Crippen molar-refractivity contribution in [2.45, 2.75) is 26.8 Å². The first kappa shape index (κ1) is 26.1. The van der Waals surface area contributed by atoms with Crippen molar-refractivity contribution in [3.05, 3.63) is 98.0 Å². The van der Waals surface area contributed by atoms with Crippen molar-refractivity contribution in [3.8, 4) is 17.6 Å². The standard InChI is InChI=1S/C25H20F3N7O3/c1-14-5-18(10-30-9-14)35-24(36)33-23(32-20-11-31-22(6-15(20)2)38-13-21(27)28)34(25(35)37)12-16-3-4-19(26)17(7-16)8-29/h3-7,9-11,21H,12-13H2,1-2H3,(H,32,33,36). The molecule has 0 amide bonds. The number of pyridine rings is 2. The molecule has 3 aromatic heterocycles. The highest BCUT2D eigenvalue weighted by molar-refractivity contribution is 5.58. The van der Waals surface area contributed by atoms with E-state index in [9.17, 15) is 28.0 Å². The zero-order valence-electron chi connectivity index (χ0n) is 20.2. The van der Waals surface area contributed by atoms with E-state index < -0.39 is 30.2 Å². The predicted octanol–water partition coefficient (Wildman–Crippen LogP) is 3.25. The summed E-state index contributed by atoms with van der Waals surface area (Å²) in [6.07, 6.45) is 1.51. The Morgan fingerprint density at radius 1 is 1.13 bits per heavy atom. The van der Waals surface area contributed by atoms with Gasteiger partial charge in [-0.2, -0.15) is 10.2 Å². The molecule has 4 rings (SSSR count). The van der Waals surface area contributed by atoms with Crippen LogP contribution in [0.4, 0.5) is 24.8 Å². The van der Waals surface area contributed by atoms with Crippen LogP contribution in [0.3, 0.4) is 0 Å². The van der Waals surface area contributed by atoms with Gasteiger partial charge in [0.15, 0.2) is 6.61 Å². The molecule has 0 bridgehead atoms. The summed E-state index contributed by atoms with van der Waals surface area (Å²) in [4.78, 5) is 38.6. The molecule has 13 heteroatoms. The summed E-state index contributed by atoms with van der Waals surface area (Å²) < 4.78 is 45.7. The van der Waals surface area contributed by atoms with Gasteiger partial charge in [-0.1, -0.05) is 6.07 Å². The van der Waals surface area contributed by atoms with Gasteiger partial charge in [0, 0.05) is 12.3 Å². The molecule has 4 aromatic rings. The Hall–Kier alpha value is -4.99. The molecule has 0 atom stereocenters. The minimum atomic E-state index is -2.67. The van der Waals surface area contributed by atoms with Crippen LogP contribution in [0, 0.1) is 31.0 Å². The molecule has 10 nitrogen and oxygen atoms in total. The number of alkyl halides is 2. The summed E-state index contributed by atoms with van der Waals surface area (Å²) in [5.74, 6) is -0.908. The molecule has 1 N–H and O–H groups in total. The lowest BCUT2D eigenvalue weighted by Gasteiger charge is -2.17. The van der Waals surface area contributed by atoms with Gasteiger partial charge in [0.2, 0.25) is 11.8 Å². The maximum absolute atomic E-state index is 13.9. The first-order valence-corrected chi connectivity index (χ1v) is 11.2. The van der Waals surface area contributed by atoms with Crippen LogP contribution in [0.5, 0.6) is 5.88 Å². The molecular weight excluding hydrogens is 503 g/mol. The average Bonchev–Trinajstić information content (AvgIpc) is 2.87. The maximum Gasteiger partial charge on any atom is 0.359 e. The number of hydrogen-bond donors (Lipinski definition) is 1. The number of anilines is 2. The Bertz CT molecular complexity index is 1660. The summed E-state index contributed by atoms with van der Waals surface area (Å²) in [7, 11) is 0. The summed E-state index contributed by atoms with van der Waals surface area (Å²) >= 11 is 0. The minimum absolute atomic E-state index is 0.0311. The third-order valence-electron chi connectivity index (χ3n) is 5.37. The van der Waals surface area contributed by atoms with Gasteiger partial charge >= 0.3 is 11.4 Å². The molecule has 0 spiro atoms. The Kier molecular flexibility index (Phi) is 7.52. The van der Waals surface area contributed by atoms with Crippen molar-refractivity contribution < 1.29 is 17.9 Å². The number of ether oxygens (including phenoxy) is 1. The fraction of sp³-hybridized carbons (Fsp3) is 0.200. The second-order valence-corrected chi connectivity index (χ2v) is 8.23. The minimum Gasteiger partial charge on any atom is -0.472 e. The van der Waals surface area contributed by atoms with E-state index in [2.05, 4.69) is 20.3 Å². The van der Waals surface area contributed by atoms with Gasteiger partial charge in [-0.15, -0.1) is 0 Å². The smallest absolute Gasteiger partial charge is 0.359 e. The van der Waals surface area contributed by atoms with Gasteiger partial charge in [-0.05, 0) is 48.7 Å². The van der Waals surface area contributed by atoms with E-state index in [0.29, 0.717) is 22.4 Å². The van der Waals surface area contributed by atoms with Gasteiger partial charge in [0.05, 0.1) is 35.9 Å². The van der Waals surface area contributed by atoms with Gasteiger partial charge in [-0.25, -0.2) is 32.3 Å². The lowest BCUT2D eigenvalue weighted by atomic mass is 10.1. The topological polar surface area (TPSA) is 128 Å². The molecule has 0 unspecified atom stereocenters. The van der Waals surface area contributed by atoms with Crippen LogP contribution in [-0.4, -0.2) is 37.1 Å². The van der Waals surface area contributed by atoms with Gasteiger partial charge in [0.25, 0.3) is 6.43 Å². The van der Waals surface area contributed by atoms with Crippen LogP contribution >= 0.6 is 0 Å². The highest BCUT2D eigenvalue weighted by Gasteiger charge is 2.18.